The van der Waals surface area contributed by atoms with Crippen LogP contribution < -0.4 is 15.4 Å². The first kappa shape index (κ1) is 27.7. The Morgan fingerprint density at radius 3 is 2.57 bits per heavy atom. The molecule has 0 saturated carbocycles. The molecule has 4 aromatic rings. The molecule has 3 heterocycles. The van der Waals surface area contributed by atoms with Crippen LogP contribution in [0.3, 0.4) is 0 Å². The molecule has 35 heavy (non-hydrogen) atoms. The largest absolute Gasteiger partial charge is 0.478 e. The molecule has 2 N–H and O–H groups in total. The highest BCUT2D eigenvalue weighted by Gasteiger charge is 2.27. The van der Waals surface area contributed by atoms with E-state index in [1.165, 1.54) is 0 Å². The van der Waals surface area contributed by atoms with Crippen molar-refractivity contribution in [3.05, 3.63) is 67.0 Å². The summed E-state index contributed by atoms with van der Waals surface area (Å²) in [5.74, 6) is 0.544. The van der Waals surface area contributed by atoms with Gasteiger partial charge in [0.25, 0.3) is 0 Å². The van der Waals surface area contributed by atoms with E-state index in [0.29, 0.717) is 23.8 Å². The molecule has 0 atom stereocenters. The van der Waals surface area contributed by atoms with Gasteiger partial charge in [0.2, 0.25) is 5.88 Å². The van der Waals surface area contributed by atoms with E-state index in [1.807, 2.05) is 47.9 Å². The van der Waals surface area contributed by atoms with Gasteiger partial charge in [-0.1, -0.05) is 18.2 Å². The number of carbonyl (C=O) groups excluding carboxylic acids is 1. The molecule has 12 heteroatoms. The first-order chi connectivity index (χ1) is 15.8. The van der Waals surface area contributed by atoms with Crippen LogP contribution >= 0.6 is 24.8 Å². The lowest BCUT2D eigenvalue weighted by molar-refractivity contribution is -0.122. The third-order valence-electron chi connectivity index (χ3n) is 4.69. The van der Waals surface area contributed by atoms with Crippen LogP contribution in [0.1, 0.15) is 6.92 Å². The van der Waals surface area contributed by atoms with Crippen molar-refractivity contribution in [1.82, 2.24) is 19.7 Å². The Hall–Kier alpha value is -3.50. The summed E-state index contributed by atoms with van der Waals surface area (Å²) < 4.78 is 44.2. The molecule has 0 radical (unpaired) electrons. The first-order valence-electron chi connectivity index (χ1n) is 10.1. The fourth-order valence-corrected chi connectivity index (χ4v) is 3.27. The third-order valence-corrected chi connectivity index (χ3v) is 4.69. The highest BCUT2D eigenvalue weighted by molar-refractivity contribution is 5.90. The van der Waals surface area contributed by atoms with Crippen molar-refractivity contribution in [2.75, 3.05) is 18.5 Å². The molecule has 0 aliphatic heterocycles. The molecule has 0 fully saturated rings. The number of pyridine rings is 2. The molecule has 7 nitrogen and oxygen atoms in total. The monoisotopic (exact) mass is 527 g/mol. The summed E-state index contributed by atoms with van der Waals surface area (Å²) in [7, 11) is 0. The van der Waals surface area contributed by atoms with E-state index >= 15 is 0 Å². The summed E-state index contributed by atoms with van der Waals surface area (Å²) in [6.07, 6.45) is -0.932. The molecule has 186 valence electrons. The first-order valence-corrected chi connectivity index (χ1v) is 10.1. The number of anilines is 1. The molecule has 0 aliphatic carbocycles. The van der Waals surface area contributed by atoms with Crippen LogP contribution in [0.15, 0.2) is 67.0 Å². The van der Waals surface area contributed by atoms with Crippen molar-refractivity contribution in [2.24, 2.45) is 0 Å². The molecule has 0 unspecified atom stereocenters. The van der Waals surface area contributed by atoms with Crippen LogP contribution in [0.25, 0.3) is 28.2 Å². The average molecular weight is 528 g/mol. The van der Waals surface area contributed by atoms with E-state index in [-0.39, 0.29) is 24.8 Å². The zero-order valence-corrected chi connectivity index (χ0v) is 20.0. The van der Waals surface area contributed by atoms with Gasteiger partial charge in [-0.05, 0) is 37.3 Å². The van der Waals surface area contributed by atoms with Gasteiger partial charge in [-0.3, -0.25) is 4.40 Å². The van der Waals surface area contributed by atoms with Crippen LogP contribution in [-0.2, 0) is 0 Å². The van der Waals surface area contributed by atoms with Gasteiger partial charge in [-0.15, -0.1) is 24.8 Å². The van der Waals surface area contributed by atoms with Crippen LogP contribution in [0.5, 0.6) is 5.88 Å². The Kier molecular flexibility index (Phi) is 9.32. The molecule has 0 spiro atoms. The summed E-state index contributed by atoms with van der Waals surface area (Å²) in [5, 5.41) is 4.19. The minimum absolute atomic E-state index is 0. The van der Waals surface area contributed by atoms with Gasteiger partial charge in [0.15, 0.2) is 0 Å². The van der Waals surface area contributed by atoms with Crippen LogP contribution in [0.2, 0.25) is 0 Å². The Morgan fingerprint density at radius 2 is 1.83 bits per heavy atom. The van der Waals surface area contributed by atoms with Crippen molar-refractivity contribution in [3.63, 3.8) is 0 Å². The van der Waals surface area contributed by atoms with Gasteiger partial charge >= 0.3 is 12.2 Å². The Bertz CT molecular complexity index is 1300. The summed E-state index contributed by atoms with van der Waals surface area (Å²) in [6, 6.07) is 15.2. The number of alkyl halides is 3. The number of carbonyl (C=O) groups is 1. The van der Waals surface area contributed by atoms with E-state index in [0.717, 1.165) is 22.5 Å². The van der Waals surface area contributed by atoms with Crippen molar-refractivity contribution in [3.8, 4) is 28.4 Å². The molecule has 0 saturated heterocycles. The van der Waals surface area contributed by atoms with E-state index in [9.17, 15) is 18.0 Å². The molecular formula is C23H22Cl2F3N5O2. The summed E-state index contributed by atoms with van der Waals surface area (Å²) >= 11 is 0. The van der Waals surface area contributed by atoms with E-state index < -0.39 is 18.8 Å². The number of benzene rings is 1. The Labute approximate surface area is 211 Å². The average Bonchev–Trinajstić information content (AvgIpc) is 3.21. The Morgan fingerprint density at radius 1 is 1.06 bits per heavy atom. The number of aromatic nitrogens is 3. The van der Waals surface area contributed by atoms with E-state index in [4.69, 9.17) is 4.74 Å². The number of hydrogen-bond acceptors (Lipinski definition) is 4. The smallest absolute Gasteiger partial charge is 0.405 e. The SMILES string of the molecule is CCOc1cccc(-c2ccn3c(-c4cccc(NC(=O)NCC(F)(F)F)c4)cnc3c2)n1.Cl.Cl. The third kappa shape index (κ3) is 7.00. The second kappa shape index (κ2) is 11.8. The number of rotatable bonds is 6. The fraction of sp³-hybridized carbons (Fsp3) is 0.174. The molecule has 3 aromatic heterocycles. The maximum Gasteiger partial charge on any atom is 0.405 e. The fourth-order valence-electron chi connectivity index (χ4n) is 3.27. The summed E-state index contributed by atoms with van der Waals surface area (Å²) in [4.78, 5) is 20.7. The number of nitrogens with zero attached hydrogens (tertiary/aromatic N) is 3. The zero-order chi connectivity index (χ0) is 23.4. The van der Waals surface area contributed by atoms with Gasteiger partial charge in [0.05, 0.1) is 24.2 Å². The quantitative estimate of drug-likeness (QED) is 0.322. The minimum atomic E-state index is -4.48. The lowest BCUT2D eigenvalue weighted by atomic mass is 10.1. The standard InChI is InChI=1S/C23H20F3N5O2.2ClH/c1-2-33-21-8-4-7-18(30-21)15-9-10-31-19(13-27-20(31)12-15)16-5-3-6-17(11-16)29-22(32)28-14-23(24,25)26;;/h3-13H,2,14H2,1H3,(H2,28,29,32);2*1H. The van der Waals surface area contributed by atoms with Crippen molar-refractivity contribution in [2.45, 2.75) is 13.1 Å². The maximum absolute atomic E-state index is 12.3. The number of hydrogen-bond donors (Lipinski definition) is 2. The lowest BCUT2D eigenvalue weighted by Crippen LogP contribution is -2.36. The second-order valence-corrected chi connectivity index (χ2v) is 7.08. The molecule has 0 aliphatic rings. The number of halogens is 5. The molecule has 2 amide bonds. The van der Waals surface area contributed by atoms with Gasteiger partial charge in [0.1, 0.15) is 12.2 Å². The summed E-state index contributed by atoms with van der Waals surface area (Å²) in [6.45, 7) is 1.01. The summed E-state index contributed by atoms with van der Waals surface area (Å²) in [5.41, 5.74) is 4.16. The lowest BCUT2D eigenvalue weighted by Gasteiger charge is -2.11. The molecular weight excluding hydrogens is 506 g/mol. The number of nitrogens with one attached hydrogen (secondary N) is 2. The van der Waals surface area contributed by atoms with Gasteiger partial charge in [0, 0.05) is 29.1 Å². The highest BCUT2D eigenvalue weighted by atomic mass is 35.5. The number of urea groups is 1. The molecule has 4 rings (SSSR count). The van der Waals surface area contributed by atoms with Gasteiger partial charge in [-0.2, -0.15) is 13.2 Å². The number of ether oxygens (including phenoxy) is 1. The van der Waals surface area contributed by atoms with E-state index in [2.05, 4.69) is 15.3 Å². The van der Waals surface area contributed by atoms with Crippen molar-refractivity contribution in [1.29, 1.82) is 0 Å². The Balaban J connectivity index is 0.00000216. The van der Waals surface area contributed by atoms with E-state index in [1.54, 1.807) is 35.8 Å². The second-order valence-electron chi connectivity index (χ2n) is 7.08. The van der Waals surface area contributed by atoms with Crippen molar-refractivity contribution >= 4 is 42.2 Å². The van der Waals surface area contributed by atoms with Crippen LogP contribution in [-0.4, -0.2) is 39.7 Å². The minimum Gasteiger partial charge on any atom is -0.478 e. The van der Waals surface area contributed by atoms with Gasteiger partial charge < -0.3 is 15.4 Å². The predicted octanol–water partition coefficient (Wildman–Crippen LogP) is 5.99. The number of amides is 2. The normalized spacial score (nSPS) is 10.7. The highest BCUT2D eigenvalue weighted by Crippen LogP contribution is 2.27. The number of imidazole rings is 1. The zero-order valence-electron chi connectivity index (χ0n) is 18.4. The maximum atomic E-state index is 12.3. The van der Waals surface area contributed by atoms with Crippen LogP contribution in [0.4, 0.5) is 23.7 Å². The molecule has 1 aromatic carbocycles. The number of fused-ring (bicyclic) bond motifs is 1. The van der Waals surface area contributed by atoms with Crippen LogP contribution in [0, 0.1) is 0 Å². The van der Waals surface area contributed by atoms with Crippen molar-refractivity contribution < 1.29 is 22.7 Å². The molecule has 0 bridgehead atoms. The topological polar surface area (TPSA) is 80.5 Å². The van der Waals surface area contributed by atoms with Gasteiger partial charge in [-0.25, -0.2) is 14.8 Å². The predicted molar refractivity (Wildman–Crippen MR) is 133 cm³/mol.